The summed E-state index contributed by atoms with van der Waals surface area (Å²) in [5, 5.41) is 8.29. The monoisotopic (exact) mass is 264 g/mol. The molecule has 0 spiro atoms. The average molecular weight is 264 g/mol. The molecule has 3 rings (SSSR count). The molecule has 20 heavy (non-hydrogen) atoms. The van der Waals surface area contributed by atoms with Crippen LogP contribution in [0.5, 0.6) is 0 Å². The van der Waals surface area contributed by atoms with Crippen LogP contribution in [0.25, 0.3) is 17.0 Å². The lowest BCUT2D eigenvalue weighted by Gasteiger charge is -2.13. The number of rotatable bonds is 2. The highest BCUT2D eigenvalue weighted by molar-refractivity contribution is 5.71. The molecule has 0 amide bonds. The van der Waals surface area contributed by atoms with E-state index in [0.717, 1.165) is 11.1 Å². The van der Waals surface area contributed by atoms with Crippen molar-refractivity contribution in [3.8, 4) is 11.5 Å². The van der Waals surface area contributed by atoms with E-state index in [0.29, 0.717) is 11.8 Å². The van der Waals surface area contributed by atoms with Crippen LogP contribution in [0.15, 0.2) is 65.1 Å². The number of benzene rings is 1. The Morgan fingerprint density at radius 3 is 2.50 bits per heavy atom. The second-order valence-corrected chi connectivity index (χ2v) is 5.42. The molecule has 0 atom stereocenters. The van der Waals surface area contributed by atoms with E-state index >= 15 is 0 Å². The van der Waals surface area contributed by atoms with Crippen LogP contribution < -0.4 is 0 Å². The second kappa shape index (κ2) is 4.93. The molecule has 3 heteroatoms. The van der Waals surface area contributed by atoms with Gasteiger partial charge in [-0.25, -0.2) is 0 Å². The molecule has 0 saturated carbocycles. The van der Waals surface area contributed by atoms with Gasteiger partial charge in [-0.15, -0.1) is 10.2 Å². The molecule has 1 aliphatic rings. The topological polar surface area (TPSA) is 38.9 Å². The first-order valence-electron chi connectivity index (χ1n) is 6.62. The van der Waals surface area contributed by atoms with Gasteiger partial charge < -0.3 is 4.42 Å². The van der Waals surface area contributed by atoms with Gasteiger partial charge >= 0.3 is 0 Å². The van der Waals surface area contributed by atoms with Gasteiger partial charge in [0.25, 0.3) is 0 Å². The Balaban J connectivity index is 1.97. The Bertz CT molecular complexity index is 691. The van der Waals surface area contributed by atoms with E-state index in [1.54, 1.807) is 0 Å². The van der Waals surface area contributed by atoms with Crippen LogP contribution in [0, 0.1) is 5.41 Å². The molecule has 1 aromatic heterocycles. The van der Waals surface area contributed by atoms with Gasteiger partial charge in [0.1, 0.15) is 0 Å². The number of hydrogen-bond donors (Lipinski definition) is 0. The fraction of sp³-hybridized carbons (Fsp3) is 0.176. The fourth-order valence-corrected chi connectivity index (χ4v) is 2.13. The van der Waals surface area contributed by atoms with Gasteiger partial charge in [0.2, 0.25) is 11.8 Å². The third kappa shape index (κ3) is 2.62. The molecule has 0 aliphatic heterocycles. The van der Waals surface area contributed by atoms with E-state index < -0.39 is 0 Å². The molecular formula is C17H16N2O. The summed E-state index contributed by atoms with van der Waals surface area (Å²) < 4.78 is 5.79. The van der Waals surface area contributed by atoms with Crippen LogP contribution in [0.2, 0.25) is 0 Å². The smallest absolute Gasteiger partial charge is 0.248 e. The van der Waals surface area contributed by atoms with Crippen molar-refractivity contribution in [2.45, 2.75) is 13.8 Å². The van der Waals surface area contributed by atoms with E-state index in [2.05, 4.69) is 36.2 Å². The molecule has 0 N–H and O–H groups in total. The molecule has 0 fully saturated rings. The predicted molar refractivity (Wildman–Crippen MR) is 79.8 cm³/mol. The van der Waals surface area contributed by atoms with Crippen molar-refractivity contribution in [1.82, 2.24) is 10.2 Å². The lowest BCUT2D eigenvalue weighted by atomic mass is 9.91. The molecule has 0 unspecified atom stereocenters. The quantitative estimate of drug-likeness (QED) is 0.813. The maximum atomic E-state index is 5.79. The molecule has 0 bridgehead atoms. The van der Waals surface area contributed by atoms with Crippen molar-refractivity contribution in [1.29, 1.82) is 0 Å². The zero-order valence-corrected chi connectivity index (χ0v) is 11.6. The summed E-state index contributed by atoms with van der Waals surface area (Å²) in [6.45, 7) is 4.29. The van der Waals surface area contributed by atoms with Crippen molar-refractivity contribution in [3.05, 3.63) is 66.6 Å². The number of nitrogens with zero attached hydrogens (tertiary/aromatic N) is 2. The summed E-state index contributed by atoms with van der Waals surface area (Å²) in [6.07, 6.45) is 10.3. The highest BCUT2D eigenvalue weighted by Gasteiger charge is 2.17. The van der Waals surface area contributed by atoms with Crippen molar-refractivity contribution in [3.63, 3.8) is 0 Å². The van der Waals surface area contributed by atoms with Gasteiger partial charge in [0, 0.05) is 16.6 Å². The first-order chi connectivity index (χ1) is 9.64. The highest BCUT2D eigenvalue weighted by Crippen LogP contribution is 2.29. The molecule has 1 heterocycles. The van der Waals surface area contributed by atoms with Crippen LogP contribution in [0.3, 0.4) is 0 Å². The van der Waals surface area contributed by atoms with Gasteiger partial charge in [-0.3, -0.25) is 0 Å². The maximum absolute atomic E-state index is 5.79. The first-order valence-corrected chi connectivity index (χ1v) is 6.62. The summed E-state index contributed by atoms with van der Waals surface area (Å²) in [7, 11) is 0. The molecular weight excluding hydrogens is 248 g/mol. The number of hydrogen-bond acceptors (Lipinski definition) is 3. The Morgan fingerprint density at radius 2 is 1.70 bits per heavy atom. The van der Waals surface area contributed by atoms with E-state index in [4.69, 9.17) is 4.42 Å². The summed E-state index contributed by atoms with van der Waals surface area (Å²) in [6, 6.07) is 9.79. The lowest BCUT2D eigenvalue weighted by molar-refractivity contribution is 0.551. The normalized spacial score (nSPS) is 16.8. The zero-order valence-electron chi connectivity index (χ0n) is 11.6. The Kier molecular flexibility index (Phi) is 3.11. The molecule has 0 saturated heterocycles. The Morgan fingerprint density at radius 1 is 0.950 bits per heavy atom. The van der Waals surface area contributed by atoms with E-state index in [-0.39, 0.29) is 5.41 Å². The predicted octanol–water partition coefficient (Wildman–Crippen LogP) is 4.27. The van der Waals surface area contributed by atoms with Gasteiger partial charge in [-0.05, 0) is 18.2 Å². The van der Waals surface area contributed by atoms with Crippen LogP contribution in [-0.4, -0.2) is 10.2 Å². The summed E-state index contributed by atoms with van der Waals surface area (Å²) in [5.41, 5.74) is 1.86. The van der Waals surface area contributed by atoms with Crippen molar-refractivity contribution < 1.29 is 4.42 Å². The summed E-state index contributed by atoms with van der Waals surface area (Å²) >= 11 is 0. The van der Waals surface area contributed by atoms with Crippen molar-refractivity contribution in [2.75, 3.05) is 0 Å². The van der Waals surface area contributed by atoms with E-state index in [9.17, 15) is 0 Å². The average Bonchev–Trinajstić information content (AvgIpc) is 2.86. The lowest BCUT2D eigenvalue weighted by Crippen LogP contribution is -2.02. The van der Waals surface area contributed by atoms with Gasteiger partial charge in [0.15, 0.2) is 0 Å². The maximum Gasteiger partial charge on any atom is 0.248 e. The standard InChI is InChI=1S/C17H16N2O/c1-17(2)11-7-6-10-14(12-17)16-19-18-15(20-16)13-8-4-3-5-9-13/h3-12H,1-2H3. The molecule has 100 valence electrons. The Labute approximate surface area is 118 Å². The molecule has 2 aromatic rings. The Hall–Kier alpha value is -2.42. The van der Waals surface area contributed by atoms with Gasteiger partial charge in [-0.2, -0.15) is 0 Å². The summed E-state index contributed by atoms with van der Waals surface area (Å²) in [5.74, 6) is 1.10. The minimum atomic E-state index is -0.0276. The third-order valence-electron chi connectivity index (χ3n) is 3.13. The second-order valence-electron chi connectivity index (χ2n) is 5.42. The SMILES string of the molecule is CC1(C)C=CC=CC(c2nnc(-c3ccccc3)o2)=C1. The minimum absolute atomic E-state index is 0.0276. The fourth-order valence-electron chi connectivity index (χ4n) is 2.13. The van der Waals surface area contributed by atoms with Crippen molar-refractivity contribution in [2.24, 2.45) is 5.41 Å². The molecule has 1 aromatic carbocycles. The van der Waals surface area contributed by atoms with Crippen molar-refractivity contribution >= 4 is 5.57 Å². The molecule has 0 radical (unpaired) electrons. The number of allylic oxidation sites excluding steroid dienone is 6. The van der Waals surface area contributed by atoms with Gasteiger partial charge in [-0.1, -0.05) is 56.4 Å². The van der Waals surface area contributed by atoms with E-state index in [1.807, 2.05) is 48.6 Å². The van der Waals surface area contributed by atoms with Gasteiger partial charge in [0.05, 0.1) is 0 Å². The van der Waals surface area contributed by atoms with Crippen LogP contribution in [-0.2, 0) is 0 Å². The van der Waals surface area contributed by atoms with Crippen LogP contribution in [0.1, 0.15) is 19.7 Å². The zero-order chi connectivity index (χ0) is 14.0. The third-order valence-corrected chi connectivity index (χ3v) is 3.13. The van der Waals surface area contributed by atoms with Crippen LogP contribution >= 0.6 is 0 Å². The largest absolute Gasteiger partial charge is 0.416 e. The van der Waals surface area contributed by atoms with Crippen LogP contribution in [0.4, 0.5) is 0 Å². The number of aromatic nitrogens is 2. The first kappa shape index (κ1) is 12.6. The molecule has 1 aliphatic carbocycles. The highest BCUT2D eigenvalue weighted by atomic mass is 16.4. The minimum Gasteiger partial charge on any atom is -0.416 e. The molecule has 3 nitrogen and oxygen atoms in total. The van der Waals surface area contributed by atoms with E-state index in [1.165, 1.54) is 0 Å². The summed E-state index contributed by atoms with van der Waals surface area (Å²) in [4.78, 5) is 0.